The summed E-state index contributed by atoms with van der Waals surface area (Å²) >= 11 is 0. The van der Waals surface area contributed by atoms with Gasteiger partial charge in [-0.2, -0.15) is 0 Å². The molecule has 0 heterocycles. The van der Waals surface area contributed by atoms with Crippen LogP contribution in [-0.4, -0.2) is 11.9 Å². The minimum Gasteiger partial charge on any atom is -0.545 e. The van der Waals surface area contributed by atoms with Gasteiger partial charge in [-0.3, -0.25) is 0 Å². The molecular formula is C10H14CuO4. The molecule has 0 atom stereocenters. The standard InChI is InChI=1S/2C5H8O2.Cu/c2*1-2-3-4-5(6)7;/h2*3-4H,2H2,1H3,(H,6,7);/q;;+2/p-2. The van der Waals surface area contributed by atoms with E-state index in [0.717, 1.165) is 25.0 Å². The van der Waals surface area contributed by atoms with Crippen LogP contribution in [0.1, 0.15) is 26.7 Å². The third-order valence-corrected chi connectivity index (χ3v) is 0.979. The molecule has 0 aliphatic carbocycles. The number of rotatable bonds is 4. The van der Waals surface area contributed by atoms with E-state index in [1.807, 2.05) is 13.8 Å². The van der Waals surface area contributed by atoms with Crippen molar-refractivity contribution in [2.45, 2.75) is 26.7 Å². The average Bonchev–Trinajstić information content (AvgIpc) is 2.12. The summed E-state index contributed by atoms with van der Waals surface area (Å²) in [5.74, 6) is -2.25. The summed E-state index contributed by atoms with van der Waals surface area (Å²) < 4.78 is 0. The molecule has 0 aromatic heterocycles. The second-order valence-corrected chi connectivity index (χ2v) is 2.26. The topological polar surface area (TPSA) is 80.3 Å². The van der Waals surface area contributed by atoms with E-state index in [9.17, 15) is 19.8 Å². The van der Waals surface area contributed by atoms with Crippen molar-refractivity contribution >= 4 is 11.9 Å². The first-order valence-corrected chi connectivity index (χ1v) is 4.29. The number of hydrogen-bond acceptors (Lipinski definition) is 4. The van der Waals surface area contributed by atoms with Crippen LogP contribution in [0.5, 0.6) is 0 Å². The predicted molar refractivity (Wildman–Crippen MR) is 48.9 cm³/mol. The van der Waals surface area contributed by atoms with Gasteiger partial charge in [0.1, 0.15) is 0 Å². The fraction of sp³-hybridized carbons (Fsp3) is 0.400. The van der Waals surface area contributed by atoms with E-state index in [-0.39, 0.29) is 17.1 Å². The number of allylic oxidation sites excluding steroid dienone is 2. The zero-order valence-corrected chi connectivity index (χ0v) is 9.60. The van der Waals surface area contributed by atoms with E-state index in [4.69, 9.17) is 0 Å². The van der Waals surface area contributed by atoms with Gasteiger partial charge in [0.05, 0.1) is 11.9 Å². The van der Waals surface area contributed by atoms with Gasteiger partial charge in [0.2, 0.25) is 0 Å². The quantitative estimate of drug-likeness (QED) is 0.500. The summed E-state index contributed by atoms with van der Waals surface area (Å²) in [4.78, 5) is 19.1. The van der Waals surface area contributed by atoms with Crippen molar-refractivity contribution in [2.24, 2.45) is 0 Å². The number of carboxylic acid groups (broad SMARTS) is 2. The summed E-state index contributed by atoms with van der Waals surface area (Å²) in [6.07, 6.45) is 6.62. The summed E-state index contributed by atoms with van der Waals surface area (Å²) in [5.41, 5.74) is 0. The van der Waals surface area contributed by atoms with E-state index in [1.165, 1.54) is 12.2 Å². The number of carboxylic acids is 2. The molecule has 4 nitrogen and oxygen atoms in total. The van der Waals surface area contributed by atoms with Crippen molar-refractivity contribution in [1.82, 2.24) is 0 Å². The average molecular weight is 262 g/mol. The molecule has 0 aromatic carbocycles. The van der Waals surface area contributed by atoms with Crippen LogP contribution in [0.4, 0.5) is 0 Å². The Bertz CT molecular complexity index is 197. The van der Waals surface area contributed by atoms with Crippen LogP contribution in [0.2, 0.25) is 0 Å². The van der Waals surface area contributed by atoms with Gasteiger partial charge >= 0.3 is 17.1 Å². The minimum atomic E-state index is -1.12. The largest absolute Gasteiger partial charge is 2.00 e. The molecule has 0 unspecified atom stereocenters. The van der Waals surface area contributed by atoms with Gasteiger partial charge in [-0.15, -0.1) is 0 Å². The Morgan fingerprint density at radius 1 is 0.933 bits per heavy atom. The van der Waals surface area contributed by atoms with Crippen molar-refractivity contribution < 1.29 is 36.9 Å². The van der Waals surface area contributed by atoms with Crippen molar-refractivity contribution in [3.05, 3.63) is 24.3 Å². The number of carbonyl (C=O) groups excluding carboxylic acids is 2. The maximum Gasteiger partial charge on any atom is 2.00 e. The van der Waals surface area contributed by atoms with Crippen molar-refractivity contribution in [1.29, 1.82) is 0 Å². The zero-order valence-electron chi connectivity index (χ0n) is 8.66. The SMILES string of the molecule is CCC=CC(=O)[O-].CCC=CC(=O)[O-].[Cu+2]. The Labute approximate surface area is 100 Å². The van der Waals surface area contributed by atoms with Crippen LogP contribution in [0.15, 0.2) is 24.3 Å². The first kappa shape index (κ1) is 19.5. The van der Waals surface area contributed by atoms with E-state index in [1.54, 1.807) is 0 Å². The van der Waals surface area contributed by atoms with E-state index < -0.39 is 11.9 Å². The molecule has 0 aromatic rings. The Morgan fingerprint density at radius 2 is 1.20 bits per heavy atom. The summed E-state index contributed by atoms with van der Waals surface area (Å²) in [7, 11) is 0. The van der Waals surface area contributed by atoms with Gasteiger partial charge in [-0.1, -0.05) is 26.0 Å². The molecule has 0 fully saturated rings. The second-order valence-electron chi connectivity index (χ2n) is 2.26. The molecule has 0 saturated heterocycles. The molecule has 5 heteroatoms. The molecule has 0 aliphatic heterocycles. The van der Waals surface area contributed by atoms with Crippen molar-refractivity contribution in [3.63, 3.8) is 0 Å². The smallest absolute Gasteiger partial charge is 0.545 e. The van der Waals surface area contributed by atoms with E-state index >= 15 is 0 Å². The molecule has 0 spiro atoms. The molecule has 0 bridgehead atoms. The molecule has 0 amide bonds. The van der Waals surface area contributed by atoms with Gasteiger partial charge in [-0.25, -0.2) is 0 Å². The molecule has 0 aliphatic rings. The number of aliphatic carboxylic acids is 2. The first-order chi connectivity index (χ1) is 6.54. The van der Waals surface area contributed by atoms with Gasteiger partial charge in [0.25, 0.3) is 0 Å². The van der Waals surface area contributed by atoms with Crippen LogP contribution in [0, 0.1) is 0 Å². The Kier molecular flexibility index (Phi) is 20.0. The van der Waals surface area contributed by atoms with Crippen LogP contribution in [0.25, 0.3) is 0 Å². The maximum atomic E-state index is 9.56. The van der Waals surface area contributed by atoms with Crippen molar-refractivity contribution in [3.8, 4) is 0 Å². The van der Waals surface area contributed by atoms with Crippen LogP contribution in [-0.2, 0) is 26.7 Å². The number of carbonyl (C=O) groups is 2. The van der Waals surface area contributed by atoms with Gasteiger partial charge in [0.15, 0.2) is 0 Å². The Balaban J connectivity index is -0.000000180. The Hall–Kier alpha value is -1.06. The summed E-state index contributed by atoms with van der Waals surface area (Å²) in [5, 5.41) is 19.1. The molecule has 0 N–H and O–H groups in total. The van der Waals surface area contributed by atoms with Gasteiger partial charge < -0.3 is 19.8 Å². The van der Waals surface area contributed by atoms with Crippen LogP contribution < -0.4 is 10.2 Å². The molecule has 1 radical (unpaired) electrons. The molecule has 0 rings (SSSR count). The Morgan fingerprint density at radius 3 is 1.27 bits per heavy atom. The van der Waals surface area contributed by atoms with Gasteiger partial charge in [0, 0.05) is 0 Å². The number of hydrogen-bond donors (Lipinski definition) is 0. The zero-order chi connectivity index (χ0) is 11.4. The maximum absolute atomic E-state index is 9.56. The first-order valence-electron chi connectivity index (χ1n) is 4.29. The molecule has 15 heavy (non-hydrogen) atoms. The van der Waals surface area contributed by atoms with Crippen LogP contribution in [0.3, 0.4) is 0 Å². The summed E-state index contributed by atoms with van der Waals surface area (Å²) in [6.45, 7) is 3.72. The van der Waals surface area contributed by atoms with Gasteiger partial charge in [-0.05, 0) is 25.0 Å². The van der Waals surface area contributed by atoms with E-state index in [2.05, 4.69) is 0 Å². The monoisotopic (exact) mass is 261 g/mol. The molecule has 89 valence electrons. The third-order valence-electron chi connectivity index (χ3n) is 0.979. The normalized spacial score (nSPS) is 9.20. The van der Waals surface area contributed by atoms with E-state index in [0.29, 0.717) is 0 Å². The predicted octanol–water partition coefficient (Wildman–Crippen LogP) is -0.598. The molecule has 0 saturated carbocycles. The minimum absolute atomic E-state index is 0. The fourth-order valence-corrected chi connectivity index (χ4v) is 0.428. The third kappa shape index (κ3) is 32.2. The summed E-state index contributed by atoms with van der Waals surface area (Å²) in [6, 6.07) is 0. The van der Waals surface area contributed by atoms with Crippen LogP contribution >= 0.6 is 0 Å². The fourth-order valence-electron chi connectivity index (χ4n) is 0.428. The molecular weight excluding hydrogens is 248 g/mol. The van der Waals surface area contributed by atoms with Crippen molar-refractivity contribution in [2.75, 3.05) is 0 Å². The second kappa shape index (κ2) is 15.4.